The van der Waals surface area contributed by atoms with Crippen LogP contribution in [0.25, 0.3) is 0 Å². The van der Waals surface area contributed by atoms with Crippen LogP contribution in [0, 0.1) is 5.82 Å². The lowest BCUT2D eigenvalue weighted by molar-refractivity contribution is 0.244. The van der Waals surface area contributed by atoms with Crippen molar-refractivity contribution in [1.82, 2.24) is 10.2 Å². The lowest BCUT2D eigenvalue weighted by Crippen LogP contribution is -2.44. The third-order valence-corrected chi connectivity index (χ3v) is 5.40. The third kappa shape index (κ3) is 4.00. The van der Waals surface area contributed by atoms with Crippen LogP contribution in [0.2, 0.25) is 0 Å². The number of rotatable bonds is 4. The normalized spacial score (nSPS) is 17.4. The number of hydrogen-bond acceptors (Lipinski definition) is 4. The van der Waals surface area contributed by atoms with Gasteiger partial charge in [-0.15, -0.1) is 0 Å². The van der Waals surface area contributed by atoms with E-state index in [1.807, 2.05) is 0 Å². The van der Waals surface area contributed by atoms with Crippen molar-refractivity contribution in [3.05, 3.63) is 28.0 Å². The van der Waals surface area contributed by atoms with Crippen molar-refractivity contribution >= 4 is 25.8 Å². The number of nitrogens with zero attached hydrogens (tertiary/aromatic N) is 1. The zero-order valence-electron chi connectivity index (χ0n) is 11.3. The predicted molar refractivity (Wildman–Crippen MR) is 80.2 cm³/mol. The van der Waals surface area contributed by atoms with Crippen molar-refractivity contribution < 1.29 is 12.8 Å². The van der Waals surface area contributed by atoms with E-state index in [1.54, 1.807) is 6.07 Å². The first-order valence-electron chi connectivity index (χ1n) is 6.49. The second-order valence-corrected chi connectivity index (χ2v) is 7.81. The average molecular weight is 365 g/mol. The van der Waals surface area contributed by atoms with Crippen LogP contribution in [0.5, 0.6) is 0 Å². The summed E-state index contributed by atoms with van der Waals surface area (Å²) in [4.78, 5) is 2.05. The molecule has 0 saturated carbocycles. The topological polar surface area (TPSA) is 49.4 Å². The predicted octanol–water partition coefficient (Wildman–Crippen LogP) is 1.44. The molecule has 1 aliphatic rings. The molecule has 0 bridgehead atoms. The van der Waals surface area contributed by atoms with Crippen LogP contribution in [0.15, 0.2) is 21.5 Å². The van der Waals surface area contributed by atoms with Gasteiger partial charge in [0.2, 0.25) is 0 Å². The molecule has 0 aliphatic carbocycles. The summed E-state index contributed by atoms with van der Waals surface area (Å²) in [5.74, 6) is -0.683. The molecule has 1 saturated heterocycles. The Morgan fingerprint density at radius 3 is 2.55 bits per heavy atom. The summed E-state index contributed by atoms with van der Waals surface area (Å²) in [5.41, 5.74) is 0.806. The molecule has 2 rings (SSSR count). The molecular weight excluding hydrogens is 347 g/mol. The number of nitrogens with one attached hydrogen (secondary N) is 1. The maximum Gasteiger partial charge on any atom is 0.179 e. The fourth-order valence-electron chi connectivity index (χ4n) is 2.33. The highest BCUT2D eigenvalue weighted by atomic mass is 79.9. The molecule has 7 heteroatoms. The highest BCUT2D eigenvalue weighted by Crippen LogP contribution is 2.26. The van der Waals surface area contributed by atoms with Crippen LogP contribution in [-0.4, -0.2) is 52.3 Å². The molecule has 1 N–H and O–H groups in total. The molecule has 0 radical (unpaired) electrons. The molecule has 1 heterocycles. The van der Waals surface area contributed by atoms with Gasteiger partial charge in [0, 0.05) is 43.5 Å². The second kappa shape index (κ2) is 6.51. The van der Waals surface area contributed by atoms with Crippen molar-refractivity contribution in [3.63, 3.8) is 0 Å². The number of benzene rings is 1. The van der Waals surface area contributed by atoms with Gasteiger partial charge in [0.05, 0.1) is 0 Å². The highest BCUT2D eigenvalue weighted by Gasteiger charge is 2.19. The van der Waals surface area contributed by atoms with Gasteiger partial charge >= 0.3 is 0 Å². The monoisotopic (exact) mass is 364 g/mol. The third-order valence-electron chi connectivity index (χ3n) is 3.36. The van der Waals surface area contributed by atoms with E-state index in [1.165, 1.54) is 6.07 Å². The first kappa shape index (κ1) is 15.9. The maximum atomic E-state index is 13.9. The summed E-state index contributed by atoms with van der Waals surface area (Å²) in [6.07, 6.45) is 1.72. The average Bonchev–Trinajstić information content (AvgIpc) is 2.35. The maximum absolute atomic E-state index is 13.9. The molecule has 0 unspecified atom stereocenters. The fourth-order valence-corrected chi connectivity index (χ4v) is 4.52. The van der Waals surface area contributed by atoms with E-state index in [0.29, 0.717) is 10.9 Å². The molecule has 0 aromatic heterocycles. The Balaban J connectivity index is 2.10. The SMILES string of the molecule is CS(=O)(=O)c1c(F)cc(CCN2CCNCC2)cc1Br. The minimum atomic E-state index is -3.56. The minimum absolute atomic E-state index is 0.261. The van der Waals surface area contributed by atoms with Gasteiger partial charge in [0.25, 0.3) is 0 Å². The van der Waals surface area contributed by atoms with Gasteiger partial charge in [-0.3, -0.25) is 0 Å². The van der Waals surface area contributed by atoms with Crippen molar-refractivity contribution in [1.29, 1.82) is 0 Å². The highest BCUT2D eigenvalue weighted by molar-refractivity contribution is 9.10. The van der Waals surface area contributed by atoms with Crippen molar-refractivity contribution in [2.24, 2.45) is 0 Å². The first-order valence-corrected chi connectivity index (χ1v) is 9.17. The van der Waals surface area contributed by atoms with E-state index < -0.39 is 15.7 Å². The standard InChI is InChI=1S/C13H18BrFN2O2S/c1-20(18,19)13-11(14)8-10(9-12(13)15)2-5-17-6-3-16-4-7-17/h8-9,16H,2-7H2,1H3. The Labute approximate surface area is 127 Å². The van der Waals surface area contributed by atoms with E-state index in [2.05, 4.69) is 26.1 Å². The fraction of sp³-hybridized carbons (Fsp3) is 0.538. The second-order valence-electron chi connectivity index (χ2n) is 5.00. The van der Waals surface area contributed by atoms with E-state index in [9.17, 15) is 12.8 Å². The van der Waals surface area contributed by atoms with Crippen LogP contribution in [0.3, 0.4) is 0 Å². The molecule has 1 fully saturated rings. The molecule has 4 nitrogen and oxygen atoms in total. The summed E-state index contributed by atoms with van der Waals surface area (Å²) in [5, 5.41) is 3.28. The van der Waals surface area contributed by atoms with Crippen LogP contribution in [0.4, 0.5) is 4.39 Å². The van der Waals surface area contributed by atoms with E-state index in [0.717, 1.165) is 44.5 Å². The largest absolute Gasteiger partial charge is 0.314 e. The summed E-state index contributed by atoms with van der Waals surface area (Å²) in [7, 11) is -3.56. The Morgan fingerprint density at radius 1 is 1.35 bits per heavy atom. The van der Waals surface area contributed by atoms with Crippen molar-refractivity contribution in [3.8, 4) is 0 Å². The molecular formula is C13H18BrFN2O2S. The van der Waals surface area contributed by atoms with E-state index in [-0.39, 0.29) is 4.90 Å². The van der Waals surface area contributed by atoms with E-state index in [4.69, 9.17) is 0 Å². The molecule has 0 atom stereocenters. The number of hydrogen-bond donors (Lipinski definition) is 1. The van der Waals surface area contributed by atoms with Gasteiger partial charge < -0.3 is 10.2 Å². The van der Waals surface area contributed by atoms with Gasteiger partial charge in [0.15, 0.2) is 9.84 Å². The van der Waals surface area contributed by atoms with Crippen LogP contribution in [0.1, 0.15) is 5.56 Å². The number of sulfone groups is 1. The molecule has 112 valence electrons. The quantitative estimate of drug-likeness (QED) is 0.878. The summed E-state index contributed by atoms with van der Waals surface area (Å²) in [6.45, 7) is 4.79. The van der Waals surface area contributed by atoms with E-state index >= 15 is 0 Å². The Bertz CT molecular complexity index is 563. The zero-order chi connectivity index (χ0) is 14.8. The number of piperazine rings is 1. The van der Waals surface area contributed by atoms with Gasteiger partial charge in [-0.2, -0.15) is 0 Å². The van der Waals surface area contributed by atoms with Crippen LogP contribution >= 0.6 is 15.9 Å². The molecule has 1 aromatic rings. The van der Waals surface area contributed by atoms with Gasteiger partial charge in [-0.05, 0) is 40.0 Å². The summed E-state index contributed by atoms with van der Waals surface area (Å²) in [6, 6.07) is 3.02. The Morgan fingerprint density at radius 2 is 2.00 bits per heavy atom. The molecule has 20 heavy (non-hydrogen) atoms. The van der Waals surface area contributed by atoms with Crippen LogP contribution in [-0.2, 0) is 16.3 Å². The van der Waals surface area contributed by atoms with Crippen molar-refractivity contribution in [2.45, 2.75) is 11.3 Å². The Hall–Kier alpha value is -0.500. The minimum Gasteiger partial charge on any atom is -0.314 e. The molecule has 0 amide bonds. The molecule has 1 aromatic carbocycles. The lowest BCUT2D eigenvalue weighted by atomic mass is 10.1. The Kier molecular flexibility index (Phi) is 5.17. The van der Waals surface area contributed by atoms with Gasteiger partial charge in [0.1, 0.15) is 10.7 Å². The van der Waals surface area contributed by atoms with Crippen molar-refractivity contribution in [2.75, 3.05) is 39.0 Å². The zero-order valence-corrected chi connectivity index (χ0v) is 13.7. The van der Waals surface area contributed by atoms with Crippen LogP contribution < -0.4 is 5.32 Å². The summed E-state index contributed by atoms with van der Waals surface area (Å²) >= 11 is 3.16. The van der Waals surface area contributed by atoms with Gasteiger partial charge in [-0.25, -0.2) is 12.8 Å². The first-order chi connectivity index (χ1) is 9.38. The summed E-state index contributed by atoms with van der Waals surface area (Å²) < 4.78 is 37.3. The number of halogens is 2. The smallest absolute Gasteiger partial charge is 0.179 e. The van der Waals surface area contributed by atoms with Gasteiger partial charge in [-0.1, -0.05) is 0 Å². The lowest BCUT2D eigenvalue weighted by Gasteiger charge is -2.27. The molecule has 1 aliphatic heterocycles. The molecule has 0 spiro atoms.